The molecule has 2 aromatic carbocycles. The van der Waals surface area contributed by atoms with Crippen molar-refractivity contribution in [2.45, 2.75) is 6.54 Å². The molecule has 2 amide bonds. The molecule has 2 aromatic heterocycles. The van der Waals surface area contributed by atoms with E-state index in [2.05, 4.69) is 0 Å². The Kier molecular flexibility index (Phi) is 3.03. The van der Waals surface area contributed by atoms with Gasteiger partial charge in [0.1, 0.15) is 5.76 Å². The second-order valence-electron chi connectivity index (χ2n) is 6.27. The first-order chi connectivity index (χ1) is 13.0. The maximum Gasteiger partial charge on any atom is 0.336 e. The summed E-state index contributed by atoms with van der Waals surface area (Å²) < 4.78 is 10.7. The van der Waals surface area contributed by atoms with Crippen LogP contribution < -0.4 is 5.63 Å². The molecule has 0 radical (unpaired) electrons. The van der Waals surface area contributed by atoms with E-state index in [-0.39, 0.29) is 23.5 Å². The van der Waals surface area contributed by atoms with Crippen LogP contribution in [0.4, 0.5) is 0 Å². The van der Waals surface area contributed by atoms with E-state index in [9.17, 15) is 19.5 Å². The molecule has 0 atom stereocenters. The molecule has 0 saturated heterocycles. The summed E-state index contributed by atoms with van der Waals surface area (Å²) in [7, 11) is 0. The van der Waals surface area contributed by atoms with Crippen molar-refractivity contribution in [2.24, 2.45) is 0 Å². The lowest BCUT2D eigenvalue weighted by Crippen LogP contribution is -2.28. The molecule has 27 heavy (non-hydrogen) atoms. The zero-order valence-corrected chi connectivity index (χ0v) is 13.8. The lowest BCUT2D eigenvalue weighted by Gasteiger charge is -2.11. The molecule has 0 unspecified atom stereocenters. The maximum absolute atomic E-state index is 12.5. The van der Waals surface area contributed by atoms with Gasteiger partial charge in [0.2, 0.25) is 5.75 Å². The van der Waals surface area contributed by atoms with Crippen molar-refractivity contribution in [2.75, 3.05) is 0 Å². The molecule has 0 saturated carbocycles. The zero-order valence-electron chi connectivity index (χ0n) is 13.8. The van der Waals surface area contributed by atoms with Gasteiger partial charge in [0.25, 0.3) is 11.8 Å². The molecule has 1 N–H and O–H groups in total. The minimum absolute atomic E-state index is 0.0247. The number of phenols is 1. The maximum atomic E-state index is 12.5. The Hall–Kier alpha value is -3.87. The standard InChI is InChI=1S/C20H11NO6/c22-15-6-5-10-7-11-8-12(26-18(11)16(23)17(10)27-15)9-21-19(24)13-3-1-2-4-14(13)20(21)25/h1-8,23H,9H2. The third-order valence-corrected chi connectivity index (χ3v) is 4.61. The van der Waals surface area contributed by atoms with Crippen LogP contribution in [0.5, 0.6) is 5.75 Å². The number of hydrogen-bond donors (Lipinski definition) is 1. The van der Waals surface area contributed by atoms with Gasteiger partial charge in [-0.1, -0.05) is 12.1 Å². The van der Waals surface area contributed by atoms with Gasteiger partial charge in [0, 0.05) is 16.8 Å². The van der Waals surface area contributed by atoms with E-state index in [0.717, 1.165) is 4.90 Å². The van der Waals surface area contributed by atoms with Crippen LogP contribution in [0, 0.1) is 0 Å². The van der Waals surface area contributed by atoms with E-state index in [1.807, 2.05) is 0 Å². The number of hydrogen-bond acceptors (Lipinski definition) is 6. The molecule has 4 aromatic rings. The van der Waals surface area contributed by atoms with E-state index in [1.165, 1.54) is 12.1 Å². The quantitative estimate of drug-likeness (QED) is 0.435. The van der Waals surface area contributed by atoms with Crippen LogP contribution in [0.25, 0.3) is 21.9 Å². The summed E-state index contributed by atoms with van der Waals surface area (Å²) in [6.45, 7) is -0.0687. The number of imide groups is 1. The third kappa shape index (κ3) is 2.18. The van der Waals surface area contributed by atoms with E-state index in [1.54, 1.807) is 36.4 Å². The summed E-state index contributed by atoms with van der Waals surface area (Å²) >= 11 is 0. The second-order valence-corrected chi connectivity index (χ2v) is 6.27. The molecule has 0 spiro atoms. The van der Waals surface area contributed by atoms with Crippen molar-refractivity contribution in [3.05, 3.63) is 75.8 Å². The number of carbonyl (C=O) groups is 2. The highest BCUT2D eigenvalue weighted by Gasteiger charge is 2.35. The first-order valence-electron chi connectivity index (χ1n) is 8.16. The van der Waals surface area contributed by atoms with Crippen LogP contribution in [-0.4, -0.2) is 21.8 Å². The Labute approximate surface area is 151 Å². The van der Waals surface area contributed by atoms with Crippen LogP contribution in [0.2, 0.25) is 0 Å². The minimum atomic E-state index is -0.588. The number of rotatable bonds is 2. The Bertz CT molecular complexity index is 1290. The SMILES string of the molecule is O=C1c2ccccc2C(=O)N1Cc1cc2cc3ccc(=O)oc3c(O)c2o1. The normalized spacial score (nSPS) is 13.7. The molecule has 1 aliphatic heterocycles. The summed E-state index contributed by atoms with van der Waals surface area (Å²) in [6.07, 6.45) is 0. The van der Waals surface area contributed by atoms with Crippen LogP contribution in [0.3, 0.4) is 0 Å². The van der Waals surface area contributed by atoms with Gasteiger partial charge in [-0.3, -0.25) is 14.5 Å². The molecule has 7 nitrogen and oxygen atoms in total. The number of phenolic OH excluding ortho intramolecular Hbond substituents is 1. The lowest BCUT2D eigenvalue weighted by molar-refractivity contribution is 0.0632. The summed E-state index contributed by atoms with van der Waals surface area (Å²) in [4.78, 5) is 37.5. The summed E-state index contributed by atoms with van der Waals surface area (Å²) in [5, 5.41) is 11.5. The van der Waals surface area contributed by atoms with Crippen molar-refractivity contribution < 1.29 is 23.5 Å². The van der Waals surface area contributed by atoms with E-state index >= 15 is 0 Å². The number of amides is 2. The fourth-order valence-corrected chi connectivity index (χ4v) is 3.36. The van der Waals surface area contributed by atoms with Gasteiger partial charge < -0.3 is 13.9 Å². The van der Waals surface area contributed by atoms with Gasteiger partial charge in [0.05, 0.1) is 17.7 Å². The molecular weight excluding hydrogens is 350 g/mol. The second kappa shape index (κ2) is 5.31. The number of nitrogens with zero attached hydrogens (tertiary/aromatic N) is 1. The molecule has 7 heteroatoms. The van der Waals surface area contributed by atoms with Crippen molar-refractivity contribution >= 4 is 33.8 Å². The number of fused-ring (bicyclic) bond motifs is 3. The van der Waals surface area contributed by atoms with Crippen molar-refractivity contribution in [1.82, 2.24) is 4.90 Å². The highest BCUT2D eigenvalue weighted by atomic mass is 16.4. The number of aromatic hydroxyl groups is 1. The Morgan fingerprint density at radius 2 is 1.48 bits per heavy atom. The molecule has 1 aliphatic rings. The average molecular weight is 361 g/mol. The predicted octanol–water partition coefficient (Wildman–Crippen LogP) is 3.04. The number of furan rings is 1. The molecule has 0 bridgehead atoms. The van der Waals surface area contributed by atoms with Crippen LogP contribution in [0.1, 0.15) is 26.5 Å². The molecule has 0 fully saturated rings. The van der Waals surface area contributed by atoms with E-state index in [0.29, 0.717) is 27.7 Å². The summed E-state index contributed by atoms with van der Waals surface area (Å²) in [5.41, 5.74) is 0.276. The Morgan fingerprint density at radius 1 is 0.815 bits per heavy atom. The monoisotopic (exact) mass is 361 g/mol. The molecule has 3 heterocycles. The molecule has 0 aliphatic carbocycles. The number of benzene rings is 2. The first kappa shape index (κ1) is 15.4. The molecule has 132 valence electrons. The third-order valence-electron chi connectivity index (χ3n) is 4.61. The molecular formula is C20H11NO6. The van der Waals surface area contributed by atoms with E-state index < -0.39 is 17.4 Å². The predicted molar refractivity (Wildman–Crippen MR) is 94.6 cm³/mol. The van der Waals surface area contributed by atoms with E-state index in [4.69, 9.17) is 8.83 Å². The van der Waals surface area contributed by atoms with Gasteiger partial charge >= 0.3 is 5.63 Å². The first-order valence-corrected chi connectivity index (χ1v) is 8.16. The van der Waals surface area contributed by atoms with Crippen molar-refractivity contribution in [3.63, 3.8) is 0 Å². The number of carbonyl (C=O) groups excluding carboxylic acids is 2. The van der Waals surface area contributed by atoms with Crippen molar-refractivity contribution in [1.29, 1.82) is 0 Å². The van der Waals surface area contributed by atoms with Crippen LogP contribution in [-0.2, 0) is 6.54 Å². The van der Waals surface area contributed by atoms with Gasteiger partial charge in [-0.25, -0.2) is 4.79 Å². The van der Waals surface area contributed by atoms with Crippen LogP contribution >= 0.6 is 0 Å². The molecule has 5 rings (SSSR count). The van der Waals surface area contributed by atoms with Gasteiger partial charge in [-0.05, 0) is 30.3 Å². The summed E-state index contributed by atoms with van der Waals surface area (Å²) in [5.74, 6) is -0.755. The average Bonchev–Trinajstić information content (AvgIpc) is 3.18. The lowest BCUT2D eigenvalue weighted by atomic mass is 10.1. The summed E-state index contributed by atoms with van der Waals surface area (Å²) in [6, 6.07) is 12.7. The van der Waals surface area contributed by atoms with Gasteiger partial charge in [0.15, 0.2) is 11.2 Å². The Morgan fingerprint density at radius 3 is 2.19 bits per heavy atom. The highest BCUT2D eigenvalue weighted by Crippen LogP contribution is 2.36. The Balaban J connectivity index is 1.58. The highest BCUT2D eigenvalue weighted by molar-refractivity contribution is 6.21. The van der Waals surface area contributed by atoms with Gasteiger partial charge in [-0.15, -0.1) is 0 Å². The minimum Gasteiger partial charge on any atom is -0.502 e. The topological polar surface area (TPSA) is 101 Å². The van der Waals surface area contributed by atoms with Crippen LogP contribution in [0.15, 0.2) is 62.2 Å². The fourth-order valence-electron chi connectivity index (χ4n) is 3.36. The van der Waals surface area contributed by atoms with Crippen molar-refractivity contribution in [3.8, 4) is 5.75 Å². The van der Waals surface area contributed by atoms with Gasteiger partial charge in [-0.2, -0.15) is 0 Å². The largest absolute Gasteiger partial charge is 0.502 e. The fraction of sp³-hybridized carbons (Fsp3) is 0.0500. The zero-order chi connectivity index (χ0) is 18.7. The smallest absolute Gasteiger partial charge is 0.336 e.